The maximum atomic E-state index is 2.34. The van der Waals surface area contributed by atoms with Crippen LogP contribution in [-0.2, 0) is 0 Å². The molecule has 0 saturated carbocycles. The van der Waals surface area contributed by atoms with Crippen LogP contribution >= 0.6 is 11.8 Å². The van der Waals surface area contributed by atoms with Gasteiger partial charge in [-0.05, 0) is 62.9 Å². The van der Waals surface area contributed by atoms with Crippen LogP contribution in [0.2, 0.25) is 0 Å². The van der Waals surface area contributed by atoms with Crippen LogP contribution in [0, 0.1) is 0 Å². The van der Waals surface area contributed by atoms with Crippen molar-refractivity contribution in [3.05, 3.63) is 91.0 Å². The fraction of sp³-hybridized carbons (Fsp3) is 0.0400. The molecule has 0 saturated heterocycles. The van der Waals surface area contributed by atoms with Crippen LogP contribution in [0.1, 0.15) is 0 Å². The predicted molar refractivity (Wildman–Crippen MR) is 114 cm³/mol. The normalized spacial score (nSPS) is 11.4. The van der Waals surface area contributed by atoms with Crippen molar-refractivity contribution in [3.63, 3.8) is 0 Å². The molecule has 4 aromatic carbocycles. The van der Waals surface area contributed by atoms with E-state index in [-0.39, 0.29) is 0 Å². The molecule has 1 aliphatic rings. The Kier molecular flexibility index (Phi) is 3.69. The molecule has 0 fully saturated rings. The van der Waals surface area contributed by atoms with Gasteiger partial charge in [-0.15, -0.1) is 11.8 Å². The zero-order valence-corrected chi connectivity index (χ0v) is 15.4. The van der Waals surface area contributed by atoms with E-state index < -0.39 is 0 Å². The highest BCUT2D eigenvalue weighted by Gasteiger charge is 2.21. The van der Waals surface area contributed by atoms with E-state index in [1.165, 1.54) is 49.4 Å². The van der Waals surface area contributed by atoms with Crippen LogP contribution < -0.4 is 0 Å². The van der Waals surface area contributed by atoms with E-state index >= 15 is 0 Å². The highest BCUT2D eigenvalue weighted by Crippen LogP contribution is 2.47. The van der Waals surface area contributed by atoms with Gasteiger partial charge in [-0.2, -0.15) is 0 Å². The maximum Gasteiger partial charge on any atom is 0.00757 e. The second-order valence-electron chi connectivity index (χ2n) is 6.55. The first-order valence-electron chi connectivity index (χ1n) is 8.83. The molecule has 0 N–H and O–H groups in total. The van der Waals surface area contributed by atoms with Crippen LogP contribution in [0.5, 0.6) is 0 Å². The molecular formula is C25H18S. The predicted octanol–water partition coefficient (Wildman–Crippen LogP) is 7.39. The summed E-state index contributed by atoms with van der Waals surface area (Å²) in [5, 5.41) is 0. The molecule has 5 rings (SSSR count). The Bertz CT molecular complexity index is 1120. The fourth-order valence-electron chi connectivity index (χ4n) is 3.97. The number of thioether (sulfide) groups is 1. The van der Waals surface area contributed by atoms with E-state index in [1.54, 1.807) is 11.8 Å². The molecule has 1 heteroatoms. The van der Waals surface area contributed by atoms with E-state index in [1.807, 2.05) is 0 Å². The van der Waals surface area contributed by atoms with Crippen molar-refractivity contribution in [1.82, 2.24) is 0 Å². The minimum Gasteiger partial charge on any atom is -0.130 e. The first kappa shape index (κ1) is 15.5. The fourth-order valence-corrected chi connectivity index (χ4v) is 4.41. The van der Waals surface area contributed by atoms with Gasteiger partial charge in [0.2, 0.25) is 0 Å². The van der Waals surface area contributed by atoms with Crippen molar-refractivity contribution in [1.29, 1.82) is 0 Å². The zero-order chi connectivity index (χ0) is 17.5. The van der Waals surface area contributed by atoms with Gasteiger partial charge in [0.15, 0.2) is 0 Å². The molecule has 0 bridgehead atoms. The third-order valence-corrected chi connectivity index (χ3v) is 5.89. The molecule has 0 spiro atoms. The molecule has 0 nitrogen and oxygen atoms in total. The maximum absolute atomic E-state index is 2.34. The summed E-state index contributed by atoms with van der Waals surface area (Å²) >= 11 is 1.80. The van der Waals surface area contributed by atoms with E-state index in [9.17, 15) is 0 Å². The Labute approximate surface area is 158 Å². The summed E-state index contributed by atoms with van der Waals surface area (Å²) in [6.45, 7) is 0. The average Bonchev–Trinajstić information content (AvgIpc) is 2.72. The van der Waals surface area contributed by atoms with Crippen LogP contribution in [0.15, 0.2) is 95.9 Å². The highest BCUT2D eigenvalue weighted by atomic mass is 32.2. The minimum absolute atomic E-state index is 1.30. The molecule has 4 aromatic rings. The lowest BCUT2D eigenvalue weighted by atomic mass is 9.81. The van der Waals surface area contributed by atoms with E-state index in [0.717, 1.165) is 0 Å². The summed E-state index contributed by atoms with van der Waals surface area (Å²) in [5.74, 6) is 0. The molecule has 0 unspecified atom stereocenters. The van der Waals surface area contributed by atoms with Gasteiger partial charge < -0.3 is 0 Å². The second-order valence-corrected chi connectivity index (χ2v) is 7.43. The van der Waals surface area contributed by atoms with Gasteiger partial charge in [-0.25, -0.2) is 0 Å². The lowest BCUT2D eigenvalue weighted by Gasteiger charge is -2.23. The number of hydrogen-bond acceptors (Lipinski definition) is 1. The Hall–Kier alpha value is -2.77. The molecule has 0 aliphatic heterocycles. The molecule has 0 radical (unpaired) electrons. The van der Waals surface area contributed by atoms with Crippen LogP contribution in [-0.4, -0.2) is 6.26 Å². The molecular weight excluding hydrogens is 332 g/mol. The molecule has 0 aromatic heterocycles. The summed E-state index contributed by atoms with van der Waals surface area (Å²) in [4.78, 5) is 1.30. The van der Waals surface area contributed by atoms with Crippen molar-refractivity contribution in [2.45, 2.75) is 4.90 Å². The standard InChI is InChI=1S/C25H18S/c1-26-17-14-15-24-22-12-5-4-10-20(22)18-8-2-3-9-19(18)21-11-6-7-13-23(21)25(24)16-17/h2-16H,1H3. The first-order chi connectivity index (χ1) is 12.9. The number of benzene rings is 4. The Balaban J connectivity index is 1.98. The lowest BCUT2D eigenvalue weighted by molar-refractivity contribution is 1.44. The highest BCUT2D eigenvalue weighted by molar-refractivity contribution is 7.98. The third kappa shape index (κ3) is 2.32. The summed E-state index contributed by atoms with van der Waals surface area (Å²) < 4.78 is 0. The van der Waals surface area contributed by atoms with Gasteiger partial charge in [0.25, 0.3) is 0 Å². The van der Waals surface area contributed by atoms with Gasteiger partial charge in [-0.3, -0.25) is 0 Å². The van der Waals surface area contributed by atoms with Crippen LogP contribution in [0.3, 0.4) is 0 Å². The summed E-state index contributed by atoms with van der Waals surface area (Å²) in [6, 6.07) is 33.2. The Morgan fingerprint density at radius 3 is 1.15 bits per heavy atom. The molecule has 124 valence electrons. The van der Waals surface area contributed by atoms with Crippen molar-refractivity contribution >= 4 is 11.8 Å². The van der Waals surface area contributed by atoms with Crippen LogP contribution in [0.4, 0.5) is 0 Å². The summed E-state index contributed by atoms with van der Waals surface area (Å²) in [7, 11) is 0. The lowest BCUT2D eigenvalue weighted by Crippen LogP contribution is -1.97. The average molecular weight is 350 g/mol. The summed E-state index contributed by atoms with van der Waals surface area (Å²) in [6.07, 6.45) is 2.14. The van der Waals surface area contributed by atoms with E-state index in [0.29, 0.717) is 0 Å². The smallest absolute Gasteiger partial charge is 0.00757 e. The molecule has 1 aliphatic carbocycles. The van der Waals surface area contributed by atoms with Gasteiger partial charge >= 0.3 is 0 Å². The number of fused-ring (bicyclic) bond motifs is 8. The van der Waals surface area contributed by atoms with Crippen molar-refractivity contribution in [3.8, 4) is 44.5 Å². The van der Waals surface area contributed by atoms with Gasteiger partial charge in [0.05, 0.1) is 0 Å². The van der Waals surface area contributed by atoms with Gasteiger partial charge in [0, 0.05) is 4.90 Å². The first-order valence-corrected chi connectivity index (χ1v) is 10.1. The zero-order valence-electron chi connectivity index (χ0n) is 14.6. The largest absolute Gasteiger partial charge is 0.130 e. The monoisotopic (exact) mass is 350 g/mol. The molecule has 26 heavy (non-hydrogen) atoms. The second kappa shape index (κ2) is 6.19. The number of rotatable bonds is 1. The van der Waals surface area contributed by atoms with E-state index in [2.05, 4.69) is 97.3 Å². The van der Waals surface area contributed by atoms with Gasteiger partial charge in [-0.1, -0.05) is 78.9 Å². The minimum atomic E-state index is 1.30. The Morgan fingerprint density at radius 2 is 0.769 bits per heavy atom. The number of hydrogen-bond donors (Lipinski definition) is 0. The molecule has 0 atom stereocenters. The van der Waals surface area contributed by atoms with Crippen molar-refractivity contribution in [2.75, 3.05) is 6.26 Å². The van der Waals surface area contributed by atoms with Crippen molar-refractivity contribution < 1.29 is 0 Å². The third-order valence-electron chi connectivity index (χ3n) is 5.17. The van der Waals surface area contributed by atoms with Crippen molar-refractivity contribution in [2.24, 2.45) is 0 Å². The molecule has 0 amide bonds. The SMILES string of the molecule is CSc1ccc2c(c1)-c1ccccc1-c1ccccc1-c1ccccc1-2. The molecule has 0 heterocycles. The Morgan fingerprint density at radius 1 is 0.423 bits per heavy atom. The summed E-state index contributed by atoms with van der Waals surface area (Å²) in [5.41, 5.74) is 10.4. The topological polar surface area (TPSA) is 0 Å². The van der Waals surface area contributed by atoms with Crippen LogP contribution in [0.25, 0.3) is 44.5 Å². The van der Waals surface area contributed by atoms with Gasteiger partial charge in [0.1, 0.15) is 0 Å². The quantitative estimate of drug-likeness (QED) is 0.284. The van der Waals surface area contributed by atoms with E-state index in [4.69, 9.17) is 0 Å².